The molecule has 10 heteroatoms. The number of anilines is 1. The van der Waals surface area contributed by atoms with Gasteiger partial charge in [0.15, 0.2) is 9.84 Å². The first kappa shape index (κ1) is 30.4. The van der Waals surface area contributed by atoms with Gasteiger partial charge in [-0.2, -0.15) is 5.26 Å². The van der Waals surface area contributed by atoms with Gasteiger partial charge >= 0.3 is 0 Å². The van der Waals surface area contributed by atoms with E-state index in [0.717, 1.165) is 97.0 Å². The molecule has 7 rings (SSSR count). The number of nitrogens with zero attached hydrogens (tertiary/aromatic N) is 3. The van der Waals surface area contributed by atoms with E-state index in [2.05, 4.69) is 64.8 Å². The van der Waals surface area contributed by atoms with E-state index in [9.17, 15) is 18.5 Å². The van der Waals surface area contributed by atoms with Gasteiger partial charge in [0.05, 0.1) is 28.1 Å². The highest BCUT2D eigenvalue weighted by Gasteiger charge is 2.47. The van der Waals surface area contributed by atoms with Gasteiger partial charge in [-0.3, -0.25) is 4.79 Å². The second-order valence-electron chi connectivity index (χ2n) is 13.1. The number of thiazole rings is 1. The molecular formula is C35H40N4O4S2. The van der Waals surface area contributed by atoms with Crippen molar-refractivity contribution in [3.05, 3.63) is 59.8 Å². The summed E-state index contributed by atoms with van der Waals surface area (Å²) in [6.07, 6.45) is 7.25. The summed E-state index contributed by atoms with van der Waals surface area (Å²) in [6, 6.07) is 19.5. The third-order valence-corrected chi connectivity index (χ3v) is 12.9. The fraction of sp³-hybridized carbons (Fsp3) is 0.514. The zero-order valence-corrected chi connectivity index (χ0v) is 27.2. The number of amides is 1. The summed E-state index contributed by atoms with van der Waals surface area (Å²) in [7, 11) is -2.95. The van der Waals surface area contributed by atoms with Crippen LogP contribution in [0.1, 0.15) is 74.5 Å². The van der Waals surface area contributed by atoms with Gasteiger partial charge in [-0.15, -0.1) is 11.3 Å². The van der Waals surface area contributed by atoms with Crippen LogP contribution in [0.4, 0.5) is 5.69 Å². The Hall–Kier alpha value is -3.26. The van der Waals surface area contributed by atoms with Crippen LogP contribution in [0.25, 0.3) is 21.0 Å². The van der Waals surface area contributed by atoms with Crippen molar-refractivity contribution in [2.24, 2.45) is 5.92 Å². The molecule has 2 aliphatic heterocycles. The first-order valence-corrected chi connectivity index (χ1v) is 18.9. The van der Waals surface area contributed by atoms with E-state index in [0.29, 0.717) is 19.0 Å². The van der Waals surface area contributed by atoms with Crippen molar-refractivity contribution in [3.8, 4) is 27.1 Å². The lowest BCUT2D eigenvalue weighted by Gasteiger charge is -2.31. The van der Waals surface area contributed by atoms with Crippen molar-refractivity contribution in [2.45, 2.75) is 68.7 Å². The number of hydrogen-bond donors (Lipinski definition) is 1. The topological polar surface area (TPSA) is 112 Å². The van der Waals surface area contributed by atoms with E-state index >= 15 is 0 Å². The minimum absolute atomic E-state index is 0.0181. The van der Waals surface area contributed by atoms with Crippen LogP contribution in [0.3, 0.4) is 0 Å². The zero-order valence-electron chi connectivity index (χ0n) is 25.5. The van der Waals surface area contributed by atoms with Crippen molar-refractivity contribution in [1.82, 2.24) is 10.3 Å². The molecule has 4 aliphatic rings. The summed E-state index contributed by atoms with van der Waals surface area (Å²) in [4.78, 5) is 22.1. The highest BCUT2D eigenvalue weighted by atomic mass is 32.2. The Morgan fingerprint density at radius 3 is 2.29 bits per heavy atom. The smallest absolute Gasteiger partial charge is 0.225 e. The second kappa shape index (κ2) is 12.5. The molecular weight excluding hydrogens is 605 g/mol. The van der Waals surface area contributed by atoms with Crippen LogP contribution in [0.15, 0.2) is 48.5 Å². The van der Waals surface area contributed by atoms with E-state index in [1.54, 1.807) is 11.3 Å². The summed E-state index contributed by atoms with van der Waals surface area (Å²) in [6.45, 7) is 2.63. The maximum absolute atomic E-state index is 13.6. The lowest BCUT2D eigenvalue weighted by atomic mass is 9.76. The van der Waals surface area contributed by atoms with Crippen LogP contribution < -0.4 is 10.2 Å². The average Bonchev–Trinajstić information content (AvgIpc) is 3.71. The van der Waals surface area contributed by atoms with Gasteiger partial charge in [0, 0.05) is 49.4 Å². The Morgan fingerprint density at radius 1 is 0.956 bits per heavy atom. The van der Waals surface area contributed by atoms with E-state index in [1.165, 1.54) is 5.56 Å². The van der Waals surface area contributed by atoms with Gasteiger partial charge < -0.3 is 15.0 Å². The van der Waals surface area contributed by atoms with Crippen molar-refractivity contribution in [1.29, 1.82) is 5.26 Å². The van der Waals surface area contributed by atoms with E-state index in [1.807, 2.05) is 0 Å². The molecule has 8 nitrogen and oxygen atoms in total. The van der Waals surface area contributed by atoms with E-state index < -0.39 is 15.4 Å². The Balaban J connectivity index is 1.21. The summed E-state index contributed by atoms with van der Waals surface area (Å²) in [5.74, 6) is 0.630. The minimum Gasteiger partial charge on any atom is -0.381 e. The van der Waals surface area contributed by atoms with Crippen molar-refractivity contribution < 1.29 is 17.9 Å². The van der Waals surface area contributed by atoms with Gasteiger partial charge in [-0.1, -0.05) is 49.2 Å². The quantitative estimate of drug-likeness (QED) is 0.333. The number of nitriles is 1. The van der Waals surface area contributed by atoms with Crippen molar-refractivity contribution in [3.63, 3.8) is 0 Å². The Labute approximate surface area is 269 Å². The number of carbonyl (C=O) groups is 1. The van der Waals surface area contributed by atoms with Gasteiger partial charge in [-0.25, -0.2) is 13.4 Å². The SMILES string of the molecule is N#CC1(NC(=O)C2CCCCC2c2nc(-c3ccc(C4CCOCC4)cc3)sc2-c2ccc(N3CCS(=O)(=O)CC3)cc2)CC1. The molecule has 1 N–H and O–H groups in total. The number of nitrogens with one attached hydrogen (secondary N) is 1. The van der Waals surface area contributed by atoms with Crippen LogP contribution in [-0.4, -0.2) is 62.7 Å². The highest BCUT2D eigenvalue weighted by Crippen LogP contribution is 2.47. The average molecular weight is 645 g/mol. The molecule has 3 aromatic rings. The lowest BCUT2D eigenvalue weighted by Crippen LogP contribution is -2.42. The normalized spacial score (nSPS) is 24.5. The van der Waals surface area contributed by atoms with Gasteiger partial charge in [0.1, 0.15) is 10.5 Å². The maximum Gasteiger partial charge on any atom is 0.225 e. The highest BCUT2D eigenvalue weighted by molar-refractivity contribution is 7.91. The van der Waals surface area contributed by atoms with Crippen molar-refractivity contribution in [2.75, 3.05) is 42.7 Å². The molecule has 2 unspecified atom stereocenters. The molecule has 1 amide bonds. The molecule has 2 atom stereocenters. The minimum atomic E-state index is -2.95. The monoisotopic (exact) mass is 644 g/mol. The van der Waals surface area contributed by atoms with Gasteiger partial charge in [0.2, 0.25) is 5.91 Å². The molecule has 2 aliphatic carbocycles. The predicted molar refractivity (Wildman–Crippen MR) is 177 cm³/mol. The van der Waals surface area contributed by atoms with Crippen LogP contribution in [0.5, 0.6) is 0 Å². The molecule has 236 valence electrons. The molecule has 1 aromatic heterocycles. The van der Waals surface area contributed by atoms with Crippen LogP contribution in [0, 0.1) is 17.2 Å². The molecule has 0 radical (unpaired) electrons. The molecule has 0 spiro atoms. The van der Waals surface area contributed by atoms with Crippen LogP contribution >= 0.6 is 11.3 Å². The summed E-state index contributed by atoms with van der Waals surface area (Å²) in [5.41, 5.74) is 4.78. The van der Waals surface area contributed by atoms with E-state index in [-0.39, 0.29) is 29.2 Å². The summed E-state index contributed by atoms with van der Waals surface area (Å²) >= 11 is 1.68. The standard InChI is InChI=1S/C35H40N4O4S2/c36-23-35(15-16-35)38-33(40)30-4-2-1-3-29(30)31-32(26-9-11-28(12-10-26)39-17-21-45(41,42)22-18-39)44-34(37-31)27-7-5-24(6-8-27)25-13-19-43-20-14-25/h5-12,25,29-30H,1-4,13-22H2,(H,38,40). The fourth-order valence-electron chi connectivity index (χ4n) is 7.13. The number of benzene rings is 2. The van der Waals surface area contributed by atoms with Crippen LogP contribution in [-0.2, 0) is 19.4 Å². The lowest BCUT2D eigenvalue weighted by molar-refractivity contribution is -0.127. The van der Waals surface area contributed by atoms with E-state index in [4.69, 9.17) is 9.72 Å². The van der Waals surface area contributed by atoms with Gasteiger partial charge in [0.25, 0.3) is 0 Å². The predicted octanol–water partition coefficient (Wildman–Crippen LogP) is 6.05. The number of sulfone groups is 1. The third kappa shape index (κ3) is 6.53. The molecule has 2 aromatic carbocycles. The first-order chi connectivity index (χ1) is 21.8. The molecule has 0 bridgehead atoms. The Morgan fingerprint density at radius 2 is 1.62 bits per heavy atom. The fourth-order valence-corrected chi connectivity index (χ4v) is 9.47. The molecule has 3 heterocycles. The van der Waals surface area contributed by atoms with Crippen LogP contribution in [0.2, 0.25) is 0 Å². The Bertz CT molecular complexity index is 1670. The van der Waals surface area contributed by atoms with Gasteiger partial charge in [-0.05, 0) is 67.7 Å². The number of rotatable bonds is 7. The number of ether oxygens (including phenoxy) is 1. The third-order valence-electron chi connectivity index (χ3n) is 10.1. The largest absolute Gasteiger partial charge is 0.381 e. The molecule has 4 fully saturated rings. The maximum atomic E-state index is 13.6. The second-order valence-corrected chi connectivity index (χ2v) is 16.4. The Kier molecular flexibility index (Phi) is 8.44. The van der Waals surface area contributed by atoms with Crippen molar-refractivity contribution >= 4 is 32.8 Å². The summed E-state index contributed by atoms with van der Waals surface area (Å²) < 4.78 is 29.5. The number of hydrogen-bond acceptors (Lipinski definition) is 8. The number of carbonyl (C=O) groups excluding carboxylic acids is 1. The zero-order chi connectivity index (χ0) is 31.0. The molecule has 2 saturated heterocycles. The molecule has 2 saturated carbocycles. The molecule has 45 heavy (non-hydrogen) atoms. The summed E-state index contributed by atoms with van der Waals surface area (Å²) in [5, 5.41) is 13.7. The first-order valence-electron chi connectivity index (χ1n) is 16.3. The number of aromatic nitrogens is 1.